The van der Waals surface area contributed by atoms with Gasteiger partial charge in [-0.25, -0.2) is 0 Å². The van der Waals surface area contributed by atoms with Crippen molar-refractivity contribution in [3.05, 3.63) is 16.4 Å². The molecule has 1 aromatic rings. The third-order valence-electron chi connectivity index (χ3n) is 3.19. The number of aryl methyl sites for hydroxylation is 2. The van der Waals surface area contributed by atoms with Gasteiger partial charge >= 0.3 is 0 Å². The van der Waals surface area contributed by atoms with Crippen LogP contribution < -0.4 is 0 Å². The van der Waals surface area contributed by atoms with E-state index in [0.29, 0.717) is 18.2 Å². The summed E-state index contributed by atoms with van der Waals surface area (Å²) in [7, 11) is 1.81. The highest BCUT2D eigenvalue weighted by Gasteiger charge is 2.26. The van der Waals surface area contributed by atoms with E-state index < -0.39 is 0 Å². The zero-order chi connectivity index (χ0) is 11.7. The highest BCUT2D eigenvalue weighted by atomic mass is 35.5. The molecule has 1 saturated heterocycles. The van der Waals surface area contributed by atoms with Crippen LogP contribution in [0.25, 0.3) is 0 Å². The number of hydrogen-bond acceptors (Lipinski definition) is 3. The predicted molar refractivity (Wildman–Crippen MR) is 61.6 cm³/mol. The standard InChI is InChI=1S/C11H17ClN2O2/c1-7-9(11(12)14(2)13-7)5-10(15)8-3-4-16-6-8/h8,10,15H,3-6H2,1-2H3. The van der Waals surface area contributed by atoms with Crippen molar-refractivity contribution in [3.8, 4) is 0 Å². The highest BCUT2D eigenvalue weighted by Crippen LogP contribution is 2.25. The molecule has 16 heavy (non-hydrogen) atoms. The minimum atomic E-state index is -0.386. The van der Waals surface area contributed by atoms with Crippen LogP contribution in [0.3, 0.4) is 0 Å². The topological polar surface area (TPSA) is 47.3 Å². The summed E-state index contributed by atoms with van der Waals surface area (Å²) in [6.45, 7) is 3.32. The van der Waals surface area contributed by atoms with Crippen LogP contribution in [0, 0.1) is 12.8 Å². The lowest BCUT2D eigenvalue weighted by Gasteiger charge is -2.16. The van der Waals surface area contributed by atoms with E-state index in [-0.39, 0.29) is 12.0 Å². The summed E-state index contributed by atoms with van der Waals surface area (Å²) in [6.07, 6.45) is 1.10. The minimum absolute atomic E-state index is 0.232. The average Bonchev–Trinajstić information content (AvgIpc) is 2.83. The number of ether oxygens (including phenoxy) is 1. The van der Waals surface area contributed by atoms with Gasteiger partial charge in [0.05, 0.1) is 18.4 Å². The van der Waals surface area contributed by atoms with Gasteiger partial charge in [0.1, 0.15) is 5.15 Å². The molecule has 4 nitrogen and oxygen atoms in total. The SMILES string of the molecule is Cc1nn(C)c(Cl)c1CC(O)C1CCOC1. The normalized spacial score (nSPS) is 22.6. The molecule has 0 aliphatic carbocycles. The largest absolute Gasteiger partial charge is 0.392 e. The summed E-state index contributed by atoms with van der Waals surface area (Å²) in [5.41, 5.74) is 1.84. The first-order valence-electron chi connectivity index (χ1n) is 5.53. The molecule has 1 N–H and O–H groups in total. The lowest BCUT2D eigenvalue weighted by molar-refractivity contribution is 0.0917. The average molecular weight is 245 g/mol. The van der Waals surface area contributed by atoms with E-state index in [9.17, 15) is 5.11 Å². The van der Waals surface area contributed by atoms with Gasteiger partial charge < -0.3 is 9.84 Å². The molecule has 0 radical (unpaired) electrons. The summed E-state index contributed by atoms with van der Waals surface area (Å²) in [4.78, 5) is 0. The van der Waals surface area contributed by atoms with Gasteiger partial charge in [0, 0.05) is 31.6 Å². The second kappa shape index (κ2) is 4.73. The maximum absolute atomic E-state index is 10.1. The summed E-state index contributed by atoms with van der Waals surface area (Å²) in [5, 5.41) is 14.9. The Morgan fingerprint density at radius 2 is 2.44 bits per heavy atom. The third-order valence-corrected chi connectivity index (χ3v) is 3.66. The maximum Gasteiger partial charge on any atom is 0.130 e. The highest BCUT2D eigenvalue weighted by molar-refractivity contribution is 6.30. The van der Waals surface area contributed by atoms with E-state index in [0.717, 1.165) is 24.3 Å². The van der Waals surface area contributed by atoms with Crippen LogP contribution in [-0.2, 0) is 18.2 Å². The molecular weight excluding hydrogens is 228 g/mol. The predicted octanol–water partition coefficient (Wildman–Crippen LogP) is 1.32. The Morgan fingerprint density at radius 1 is 1.69 bits per heavy atom. The number of nitrogens with zero attached hydrogens (tertiary/aromatic N) is 2. The first-order valence-corrected chi connectivity index (χ1v) is 5.91. The van der Waals surface area contributed by atoms with Gasteiger partial charge in [-0.2, -0.15) is 5.10 Å². The molecule has 0 bridgehead atoms. The fourth-order valence-electron chi connectivity index (χ4n) is 2.14. The molecule has 2 rings (SSSR count). The number of aromatic nitrogens is 2. The molecule has 2 heterocycles. The van der Waals surface area contributed by atoms with E-state index in [1.807, 2.05) is 14.0 Å². The van der Waals surface area contributed by atoms with Crippen molar-refractivity contribution in [1.29, 1.82) is 0 Å². The quantitative estimate of drug-likeness (QED) is 0.873. The number of aliphatic hydroxyl groups excluding tert-OH is 1. The molecule has 0 saturated carbocycles. The van der Waals surface area contributed by atoms with E-state index in [1.54, 1.807) is 4.68 Å². The summed E-state index contributed by atoms with van der Waals surface area (Å²) >= 11 is 6.12. The fraction of sp³-hybridized carbons (Fsp3) is 0.727. The van der Waals surface area contributed by atoms with Crippen LogP contribution in [0.15, 0.2) is 0 Å². The monoisotopic (exact) mass is 244 g/mol. The van der Waals surface area contributed by atoms with Crippen LogP contribution in [0.5, 0.6) is 0 Å². The lowest BCUT2D eigenvalue weighted by atomic mass is 9.96. The minimum Gasteiger partial charge on any atom is -0.392 e. The fourth-order valence-corrected chi connectivity index (χ4v) is 2.39. The molecule has 0 aromatic carbocycles. The third kappa shape index (κ3) is 2.24. The first-order chi connectivity index (χ1) is 7.59. The van der Waals surface area contributed by atoms with Crippen molar-refractivity contribution in [2.24, 2.45) is 13.0 Å². The van der Waals surface area contributed by atoms with Crippen molar-refractivity contribution in [2.75, 3.05) is 13.2 Å². The smallest absolute Gasteiger partial charge is 0.130 e. The maximum atomic E-state index is 10.1. The van der Waals surface area contributed by atoms with Crippen LogP contribution in [0.2, 0.25) is 5.15 Å². The number of aliphatic hydroxyl groups is 1. The second-order valence-electron chi connectivity index (χ2n) is 4.37. The molecule has 90 valence electrons. The van der Waals surface area contributed by atoms with Crippen molar-refractivity contribution < 1.29 is 9.84 Å². The first kappa shape index (κ1) is 11.9. The Balaban J connectivity index is 2.07. The second-order valence-corrected chi connectivity index (χ2v) is 4.73. The van der Waals surface area contributed by atoms with Crippen molar-refractivity contribution in [3.63, 3.8) is 0 Å². The molecule has 2 atom stereocenters. The van der Waals surface area contributed by atoms with Gasteiger partial charge in [0.2, 0.25) is 0 Å². The Morgan fingerprint density at radius 3 is 2.94 bits per heavy atom. The van der Waals surface area contributed by atoms with Crippen LogP contribution in [0.4, 0.5) is 0 Å². The molecule has 1 fully saturated rings. The van der Waals surface area contributed by atoms with E-state index in [2.05, 4.69) is 5.10 Å². The molecule has 5 heteroatoms. The van der Waals surface area contributed by atoms with Crippen molar-refractivity contribution >= 4 is 11.6 Å². The Bertz CT molecular complexity index is 372. The molecule has 1 aliphatic heterocycles. The molecular formula is C11H17ClN2O2. The van der Waals surface area contributed by atoms with Crippen molar-refractivity contribution in [2.45, 2.75) is 25.9 Å². The number of hydrogen-bond donors (Lipinski definition) is 1. The Hall–Kier alpha value is -0.580. The zero-order valence-corrected chi connectivity index (χ0v) is 10.4. The summed E-state index contributed by atoms with van der Waals surface area (Å²) < 4.78 is 6.91. The Labute approximate surface area is 100 Å². The van der Waals surface area contributed by atoms with Gasteiger partial charge in [-0.05, 0) is 13.3 Å². The number of halogens is 1. The molecule has 1 aromatic heterocycles. The molecule has 0 spiro atoms. The summed E-state index contributed by atoms with van der Waals surface area (Å²) in [5.74, 6) is 0.232. The number of rotatable bonds is 3. The van der Waals surface area contributed by atoms with E-state index in [4.69, 9.17) is 16.3 Å². The van der Waals surface area contributed by atoms with Crippen LogP contribution in [-0.4, -0.2) is 34.2 Å². The van der Waals surface area contributed by atoms with E-state index >= 15 is 0 Å². The Kier molecular flexibility index (Phi) is 3.52. The van der Waals surface area contributed by atoms with Crippen LogP contribution >= 0.6 is 11.6 Å². The van der Waals surface area contributed by atoms with Gasteiger partial charge in [-0.3, -0.25) is 4.68 Å². The van der Waals surface area contributed by atoms with Gasteiger partial charge in [-0.1, -0.05) is 11.6 Å². The molecule has 2 unspecified atom stereocenters. The van der Waals surface area contributed by atoms with Crippen molar-refractivity contribution in [1.82, 2.24) is 9.78 Å². The van der Waals surface area contributed by atoms with Crippen LogP contribution in [0.1, 0.15) is 17.7 Å². The summed E-state index contributed by atoms with van der Waals surface area (Å²) in [6, 6.07) is 0. The zero-order valence-electron chi connectivity index (χ0n) is 9.61. The van der Waals surface area contributed by atoms with Gasteiger partial charge in [0.15, 0.2) is 0 Å². The lowest BCUT2D eigenvalue weighted by Crippen LogP contribution is -2.23. The van der Waals surface area contributed by atoms with Gasteiger partial charge in [0.25, 0.3) is 0 Å². The van der Waals surface area contributed by atoms with E-state index in [1.165, 1.54) is 0 Å². The molecule has 1 aliphatic rings. The van der Waals surface area contributed by atoms with Gasteiger partial charge in [-0.15, -0.1) is 0 Å². The molecule has 0 amide bonds.